The van der Waals surface area contributed by atoms with Gasteiger partial charge in [0.05, 0.1) is 11.2 Å². The highest BCUT2D eigenvalue weighted by Crippen LogP contribution is 2.14. The van der Waals surface area contributed by atoms with Crippen molar-refractivity contribution < 1.29 is 19.7 Å². The predicted molar refractivity (Wildman–Crippen MR) is 57.3 cm³/mol. The van der Waals surface area contributed by atoms with Crippen LogP contribution in [0.4, 0.5) is 0 Å². The van der Waals surface area contributed by atoms with E-state index in [-0.39, 0.29) is 5.57 Å². The fourth-order valence-corrected chi connectivity index (χ4v) is 0.824. The molecule has 1 unspecified atom stereocenters. The van der Waals surface area contributed by atoms with Gasteiger partial charge in [0.1, 0.15) is 6.10 Å². The Kier molecular flexibility index (Phi) is 5.25. The Morgan fingerprint density at radius 2 is 2.00 bits per heavy atom. The highest BCUT2D eigenvalue weighted by molar-refractivity contribution is 5.88. The topological polar surface area (TPSA) is 55.8 Å². The summed E-state index contributed by atoms with van der Waals surface area (Å²) < 4.78 is 0. The molecule has 86 valence electrons. The van der Waals surface area contributed by atoms with E-state index in [9.17, 15) is 4.79 Å². The molecule has 4 heteroatoms. The normalized spacial score (nSPS) is 14.8. The molecule has 0 bridgehead atoms. The Morgan fingerprint density at radius 1 is 1.47 bits per heavy atom. The summed E-state index contributed by atoms with van der Waals surface area (Å²) in [5, 5.41) is 8.85. The summed E-state index contributed by atoms with van der Waals surface area (Å²) in [7, 11) is 0. The van der Waals surface area contributed by atoms with Crippen LogP contribution in [0.5, 0.6) is 0 Å². The second-order valence-corrected chi connectivity index (χ2v) is 4.00. The van der Waals surface area contributed by atoms with E-state index < -0.39 is 17.7 Å². The van der Waals surface area contributed by atoms with Crippen LogP contribution < -0.4 is 0 Å². The fraction of sp³-hybridized carbons (Fsp3) is 0.545. The van der Waals surface area contributed by atoms with E-state index in [2.05, 4.69) is 6.58 Å². The van der Waals surface area contributed by atoms with E-state index in [0.29, 0.717) is 0 Å². The first kappa shape index (κ1) is 13.9. The summed E-state index contributed by atoms with van der Waals surface area (Å²) in [6.07, 6.45) is 2.09. The van der Waals surface area contributed by atoms with Crippen LogP contribution in [0, 0.1) is 0 Å². The molecule has 0 saturated heterocycles. The lowest BCUT2D eigenvalue weighted by atomic mass is 10.1. The van der Waals surface area contributed by atoms with Gasteiger partial charge >= 0.3 is 5.97 Å². The molecule has 1 atom stereocenters. The van der Waals surface area contributed by atoms with Crippen molar-refractivity contribution in [1.29, 1.82) is 0 Å². The molecule has 0 fully saturated rings. The lowest BCUT2D eigenvalue weighted by molar-refractivity contribution is -0.358. The van der Waals surface area contributed by atoms with Crippen molar-refractivity contribution in [2.75, 3.05) is 0 Å². The first-order chi connectivity index (χ1) is 6.81. The van der Waals surface area contributed by atoms with Gasteiger partial charge in [-0.1, -0.05) is 12.2 Å². The number of hydrogen-bond donors (Lipinski definition) is 1. The minimum atomic E-state index is -1.04. The van der Waals surface area contributed by atoms with Crippen LogP contribution in [-0.4, -0.2) is 22.8 Å². The maximum atomic E-state index is 10.8. The lowest BCUT2D eigenvalue weighted by Gasteiger charge is -2.21. The van der Waals surface area contributed by atoms with Crippen LogP contribution in [0.2, 0.25) is 0 Å². The van der Waals surface area contributed by atoms with Crippen LogP contribution in [0.25, 0.3) is 0 Å². The predicted octanol–water partition coefficient (Wildman–Crippen LogP) is 2.32. The monoisotopic (exact) mass is 214 g/mol. The molecule has 0 aromatic heterocycles. The largest absolute Gasteiger partial charge is 0.478 e. The fourth-order valence-electron chi connectivity index (χ4n) is 0.824. The van der Waals surface area contributed by atoms with E-state index >= 15 is 0 Å². The molecule has 0 saturated carbocycles. The van der Waals surface area contributed by atoms with E-state index in [1.807, 2.05) is 20.8 Å². The number of allylic oxidation sites excluding steroid dienone is 1. The summed E-state index contributed by atoms with van der Waals surface area (Å²) in [5.74, 6) is -1.04. The van der Waals surface area contributed by atoms with Crippen molar-refractivity contribution in [3.05, 3.63) is 24.3 Å². The van der Waals surface area contributed by atoms with Crippen LogP contribution in [-0.2, 0) is 14.6 Å². The van der Waals surface area contributed by atoms with E-state index in [1.54, 1.807) is 6.92 Å². The maximum Gasteiger partial charge on any atom is 0.334 e. The Bertz CT molecular complexity index is 260. The van der Waals surface area contributed by atoms with Crippen LogP contribution in [0.1, 0.15) is 27.7 Å². The van der Waals surface area contributed by atoms with Gasteiger partial charge in [0.25, 0.3) is 0 Å². The number of rotatable bonds is 5. The lowest BCUT2D eigenvalue weighted by Crippen LogP contribution is -2.26. The zero-order valence-electron chi connectivity index (χ0n) is 9.61. The van der Waals surface area contributed by atoms with Crippen LogP contribution in [0.15, 0.2) is 24.3 Å². The number of carboxylic acid groups (broad SMARTS) is 1. The van der Waals surface area contributed by atoms with Crippen molar-refractivity contribution >= 4 is 5.97 Å². The quantitative estimate of drug-likeness (QED) is 0.330. The van der Waals surface area contributed by atoms with E-state index in [4.69, 9.17) is 14.9 Å². The second kappa shape index (κ2) is 5.68. The average molecular weight is 214 g/mol. The Balaban J connectivity index is 4.50. The summed E-state index contributed by atoms with van der Waals surface area (Å²) in [4.78, 5) is 20.8. The number of carboxylic acids is 1. The number of carbonyl (C=O) groups is 1. The van der Waals surface area contributed by atoms with Gasteiger partial charge in [0, 0.05) is 0 Å². The van der Waals surface area contributed by atoms with Gasteiger partial charge in [0.2, 0.25) is 0 Å². The third-order valence-electron chi connectivity index (χ3n) is 1.48. The first-order valence-corrected chi connectivity index (χ1v) is 4.68. The maximum absolute atomic E-state index is 10.8. The third kappa shape index (κ3) is 5.34. The van der Waals surface area contributed by atoms with Crippen molar-refractivity contribution in [2.24, 2.45) is 0 Å². The highest BCUT2D eigenvalue weighted by Gasteiger charge is 2.21. The number of aliphatic carboxylic acids is 1. The van der Waals surface area contributed by atoms with Gasteiger partial charge in [0.15, 0.2) is 0 Å². The second-order valence-electron chi connectivity index (χ2n) is 4.00. The van der Waals surface area contributed by atoms with E-state index in [1.165, 1.54) is 12.2 Å². The van der Waals surface area contributed by atoms with Crippen molar-refractivity contribution in [2.45, 2.75) is 39.4 Å². The minimum Gasteiger partial charge on any atom is -0.478 e. The van der Waals surface area contributed by atoms with Crippen LogP contribution >= 0.6 is 0 Å². The molecule has 0 aliphatic heterocycles. The molecule has 0 heterocycles. The molecule has 0 spiro atoms. The van der Waals surface area contributed by atoms with Gasteiger partial charge in [-0.05, 0) is 27.7 Å². The zero-order chi connectivity index (χ0) is 12.1. The van der Waals surface area contributed by atoms with Gasteiger partial charge in [-0.3, -0.25) is 0 Å². The van der Waals surface area contributed by atoms with Gasteiger partial charge in [-0.15, -0.1) is 6.58 Å². The zero-order valence-corrected chi connectivity index (χ0v) is 9.61. The molecule has 0 aromatic rings. The molecular formula is C11H18O4. The molecule has 4 nitrogen and oxygen atoms in total. The van der Waals surface area contributed by atoms with Gasteiger partial charge in [-0.25, -0.2) is 14.6 Å². The Morgan fingerprint density at radius 3 is 2.27 bits per heavy atom. The standard InChI is InChI=1S/C11H18O4/c1-6-8(10(12)13)9(7-2)14-15-11(3,4)5/h6-7,9H,2H2,1,3-5H3,(H,12,13)/b8-6+. The molecule has 0 radical (unpaired) electrons. The molecule has 0 aromatic carbocycles. The molecule has 0 rings (SSSR count). The van der Waals surface area contributed by atoms with E-state index in [0.717, 1.165) is 0 Å². The van der Waals surface area contributed by atoms with Crippen LogP contribution in [0.3, 0.4) is 0 Å². The SMILES string of the molecule is C=CC(OOC(C)(C)C)/C(=C\C)C(=O)O. The van der Waals surface area contributed by atoms with Crippen molar-refractivity contribution in [3.63, 3.8) is 0 Å². The highest BCUT2D eigenvalue weighted by atomic mass is 17.2. The Hall–Kier alpha value is -1.13. The van der Waals surface area contributed by atoms with Crippen molar-refractivity contribution in [3.8, 4) is 0 Å². The molecule has 1 N–H and O–H groups in total. The van der Waals surface area contributed by atoms with Crippen molar-refractivity contribution in [1.82, 2.24) is 0 Å². The number of hydrogen-bond acceptors (Lipinski definition) is 3. The Labute approximate surface area is 90.1 Å². The average Bonchev–Trinajstić information content (AvgIpc) is 2.09. The van der Waals surface area contributed by atoms with Gasteiger partial charge in [-0.2, -0.15) is 0 Å². The summed E-state index contributed by atoms with van der Waals surface area (Å²) in [6.45, 7) is 10.6. The first-order valence-electron chi connectivity index (χ1n) is 4.68. The summed E-state index contributed by atoms with van der Waals surface area (Å²) in [6, 6.07) is 0. The summed E-state index contributed by atoms with van der Waals surface area (Å²) >= 11 is 0. The molecule has 0 aliphatic rings. The molecule has 0 amide bonds. The minimum absolute atomic E-state index is 0.106. The smallest absolute Gasteiger partial charge is 0.334 e. The van der Waals surface area contributed by atoms with Gasteiger partial charge < -0.3 is 5.11 Å². The molecule has 0 aliphatic carbocycles. The molecular weight excluding hydrogens is 196 g/mol. The third-order valence-corrected chi connectivity index (χ3v) is 1.48. The summed E-state index contributed by atoms with van der Waals surface area (Å²) in [5.41, 5.74) is -0.382. The molecule has 15 heavy (non-hydrogen) atoms.